The van der Waals surface area contributed by atoms with Crippen LogP contribution in [0.25, 0.3) is 10.6 Å². The molecule has 1 heterocycles. The number of thiazole rings is 1. The van der Waals surface area contributed by atoms with E-state index >= 15 is 0 Å². The lowest BCUT2D eigenvalue weighted by atomic mass is 10.1. The summed E-state index contributed by atoms with van der Waals surface area (Å²) in [6.45, 7) is 5.88. The van der Waals surface area contributed by atoms with Crippen LogP contribution in [0.15, 0.2) is 24.3 Å². The molecule has 0 aliphatic carbocycles. The summed E-state index contributed by atoms with van der Waals surface area (Å²) in [6.07, 6.45) is 2.18. The van der Waals surface area contributed by atoms with E-state index in [1.165, 1.54) is 11.3 Å². The maximum absolute atomic E-state index is 10.9. The third-order valence-corrected chi connectivity index (χ3v) is 4.24. The Balaban J connectivity index is 1.93. The summed E-state index contributed by atoms with van der Waals surface area (Å²) >= 11 is 1.53. The van der Waals surface area contributed by atoms with E-state index in [-0.39, 0.29) is 5.56 Å². The highest BCUT2D eigenvalue weighted by molar-refractivity contribution is 7.15. The summed E-state index contributed by atoms with van der Waals surface area (Å²) in [7, 11) is 0. The first-order valence-electron chi connectivity index (χ1n) is 7.63. The van der Waals surface area contributed by atoms with Crippen LogP contribution in [0.1, 0.15) is 35.0 Å². The smallest absolute Gasteiger partial charge is 0.335 e. The summed E-state index contributed by atoms with van der Waals surface area (Å²) in [5.74, 6) is -0.314. The number of aromatic nitrogens is 1. The number of carboxylic acid groups (broad SMARTS) is 1. The fraction of sp³-hybridized carbons (Fsp3) is 0.412. The third-order valence-electron chi connectivity index (χ3n) is 3.24. The molecule has 0 bridgehead atoms. The van der Waals surface area contributed by atoms with E-state index in [0.29, 0.717) is 19.1 Å². The zero-order valence-corrected chi connectivity index (χ0v) is 14.2. The Labute approximate surface area is 139 Å². The maximum atomic E-state index is 10.9. The molecule has 0 amide bonds. The lowest BCUT2D eigenvalue weighted by Crippen LogP contribution is -2.08. The zero-order valence-electron chi connectivity index (χ0n) is 13.4. The van der Waals surface area contributed by atoms with E-state index < -0.39 is 5.97 Å². The van der Waals surface area contributed by atoms with Crippen LogP contribution in [0.3, 0.4) is 0 Å². The number of aryl methyl sites for hydroxylation is 1. The van der Waals surface area contributed by atoms with Gasteiger partial charge in [0.25, 0.3) is 0 Å². The molecule has 0 aliphatic heterocycles. The number of unbranched alkanes of at least 4 members (excludes halogenated alkanes) is 1. The van der Waals surface area contributed by atoms with Gasteiger partial charge >= 0.3 is 5.97 Å². The first-order chi connectivity index (χ1) is 11.1. The summed E-state index contributed by atoms with van der Waals surface area (Å²) in [6, 6.07) is 6.69. The lowest BCUT2D eigenvalue weighted by molar-refractivity contribution is 0.0697. The molecule has 1 N–H and O–H groups in total. The molecule has 2 aromatic rings. The highest BCUT2D eigenvalue weighted by Gasteiger charge is 2.11. The van der Waals surface area contributed by atoms with E-state index in [4.69, 9.17) is 14.6 Å². The van der Waals surface area contributed by atoms with Crippen LogP contribution in [-0.4, -0.2) is 35.9 Å². The van der Waals surface area contributed by atoms with Crippen molar-refractivity contribution in [3.63, 3.8) is 0 Å². The Morgan fingerprint density at radius 2 is 1.96 bits per heavy atom. The minimum absolute atomic E-state index is 0.266. The van der Waals surface area contributed by atoms with Crippen molar-refractivity contribution in [2.45, 2.75) is 26.7 Å². The van der Waals surface area contributed by atoms with Crippen LogP contribution in [0.4, 0.5) is 0 Å². The van der Waals surface area contributed by atoms with Gasteiger partial charge in [0.15, 0.2) is 0 Å². The van der Waals surface area contributed by atoms with Gasteiger partial charge in [0.2, 0.25) is 5.88 Å². The molecule has 0 saturated carbocycles. The molecule has 0 fully saturated rings. The number of aromatic carboxylic acids is 1. The van der Waals surface area contributed by atoms with Crippen molar-refractivity contribution < 1.29 is 19.4 Å². The number of hydrogen-bond donors (Lipinski definition) is 1. The lowest BCUT2D eigenvalue weighted by Gasteiger charge is -2.05. The van der Waals surface area contributed by atoms with Crippen molar-refractivity contribution >= 4 is 17.3 Å². The van der Waals surface area contributed by atoms with Gasteiger partial charge in [-0.15, -0.1) is 11.3 Å². The van der Waals surface area contributed by atoms with Gasteiger partial charge in [-0.25, -0.2) is 9.78 Å². The van der Waals surface area contributed by atoms with E-state index in [1.54, 1.807) is 24.3 Å². The van der Waals surface area contributed by atoms with E-state index in [1.807, 2.05) is 6.92 Å². The Morgan fingerprint density at radius 3 is 2.61 bits per heavy atom. The number of ether oxygens (including phenoxy) is 2. The van der Waals surface area contributed by atoms with E-state index in [9.17, 15) is 4.79 Å². The fourth-order valence-electron chi connectivity index (χ4n) is 1.94. The molecule has 0 unspecified atom stereocenters. The monoisotopic (exact) mass is 335 g/mol. The van der Waals surface area contributed by atoms with Crippen LogP contribution in [0.2, 0.25) is 0 Å². The molecular weight excluding hydrogens is 314 g/mol. The molecule has 2 rings (SSSR count). The predicted molar refractivity (Wildman–Crippen MR) is 90.5 cm³/mol. The summed E-state index contributed by atoms with van der Waals surface area (Å²) in [5.41, 5.74) is 1.15. The van der Waals surface area contributed by atoms with Gasteiger partial charge in [-0.2, -0.15) is 0 Å². The number of nitrogens with zero attached hydrogens (tertiary/aromatic N) is 1. The number of rotatable bonds is 9. The minimum Gasteiger partial charge on any atom is -0.478 e. The summed E-state index contributed by atoms with van der Waals surface area (Å²) in [5, 5.41) is 9.74. The Hall–Kier alpha value is -1.92. The number of hydrogen-bond acceptors (Lipinski definition) is 5. The van der Waals surface area contributed by atoms with Gasteiger partial charge in [0.1, 0.15) is 11.6 Å². The highest BCUT2D eigenvalue weighted by atomic mass is 32.1. The number of carbonyl (C=O) groups is 1. The molecule has 23 heavy (non-hydrogen) atoms. The molecule has 6 heteroatoms. The van der Waals surface area contributed by atoms with Crippen molar-refractivity contribution in [1.82, 2.24) is 4.98 Å². The molecule has 5 nitrogen and oxygen atoms in total. The SMILES string of the molecule is CCCCOCCOc1nc(-c2ccc(C(=O)O)cc2)sc1C. The molecule has 0 spiro atoms. The zero-order chi connectivity index (χ0) is 16.7. The van der Waals surface area contributed by atoms with Crippen molar-refractivity contribution in [2.24, 2.45) is 0 Å². The Kier molecular flexibility index (Phi) is 6.55. The predicted octanol–water partition coefficient (Wildman–Crippen LogP) is 4.01. The molecule has 0 saturated heterocycles. The molecule has 0 radical (unpaired) electrons. The van der Waals surface area contributed by atoms with Crippen molar-refractivity contribution in [2.75, 3.05) is 19.8 Å². The molecule has 124 valence electrons. The van der Waals surface area contributed by atoms with Crippen LogP contribution in [0.5, 0.6) is 5.88 Å². The van der Waals surface area contributed by atoms with Crippen molar-refractivity contribution in [3.05, 3.63) is 34.7 Å². The van der Waals surface area contributed by atoms with Gasteiger partial charge in [0.05, 0.1) is 17.0 Å². The second kappa shape index (κ2) is 8.64. The van der Waals surface area contributed by atoms with Gasteiger partial charge in [-0.1, -0.05) is 25.5 Å². The average molecular weight is 335 g/mol. The minimum atomic E-state index is -0.932. The second-order valence-electron chi connectivity index (χ2n) is 5.08. The molecule has 0 aliphatic rings. The highest BCUT2D eigenvalue weighted by Crippen LogP contribution is 2.31. The number of benzene rings is 1. The first-order valence-corrected chi connectivity index (χ1v) is 8.45. The topological polar surface area (TPSA) is 68.7 Å². The van der Waals surface area contributed by atoms with Gasteiger partial charge in [0, 0.05) is 12.2 Å². The number of carboxylic acids is 1. The largest absolute Gasteiger partial charge is 0.478 e. The fourth-order valence-corrected chi connectivity index (χ4v) is 2.81. The molecule has 1 aromatic heterocycles. The summed E-state index contributed by atoms with van der Waals surface area (Å²) in [4.78, 5) is 16.4. The normalized spacial score (nSPS) is 10.7. The molecular formula is C17H21NO4S. The first kappa shape index (κ1) is 17.4. The molecule has 0 atom stereocenters. The van der Waals surface area contributed by atoms with Gasteiger partial charge in [-0.3, -0.25) is 0 Å². The average Bonchev–Trinajstić information content (AvgIpc) is 2.92. The molecule has 1 aromatic carbocycles. The maximum Gasteiger partial charge on any atom is 0.335 e. The van der Waals surface area contributed by atoms with Crippen LogP contribution < -0.4 is 4.74 Å². The summed E-state index contributed by atoms with van der Waals surface area (Å²) < 4.78 is 11.1. The van der Waals surface area contributed by atoms with E-state index in [0.717, 1.165) is 34.9 Å². The van der Waals surface area contributed by atoms with Crippen LogP contribution in [0, 0.1) is 6.92 Å². The van der Waals surface area contributed by atoms with Gasteiger partial charge < -0.3 is 14.6 Å². The quantitative estimate of drug-likeness (QED) is 0.701. The standard InChI is InChI=1S/C17H21NO4S/c1-3-4-9-21-10-11-22-15-12(2)23-16(18-15)13-5-7-14(8-6-13)17(19)20/h5-8H,3-4,9-11H2,1-2H3,(H,19,20). The van der Waals surface area contributed by atoms with Gasteiger partial charge in [-0.05, 0) is 25.5 Å². The van der Waals surface area contributed by atoms with Crippen LogP contribution in [-0.2, 0) is 4.74 Å². The third kappa shape index (κ3) is 5.04. The second-order valence-corrected chi connectivity index (χ2v) is 6.28. The van der Waals surface area contributed by atoms with Crippen molar-refractivity contribution in [1.29, 1.82) is 0 Å². The van der Waals surface area contributed by atoms with E-state index in [2.05, 4.69) is 11.9 Å². The van der Waals surface area contributed by atoms with Crippen molar-refractivity contribution in [3.8, 4) is 16.5 Å². The van der Waals surface area contributed by atoms with Crippen LogP contribution >= 0.6 is 11.3 Å². The Morgan fingerprint density at radius 1 is 1.22 bits per heavy atom. The Bertz CT molecular complexity index is 637.